The number of aryl methyl sites for hydroxylation is 1. The van der Waals surface area contributed by atoms with Crippen LogP contribution in [-0.2, 0) is 13.0 Å². The number of nitrogens with zero attached hydrogens (tertiary/aromatic N) is 2. The highest BCUT2D eigenvalue weighted by Gasteiger charge is 2.14. The Bertz CT molecular complexity index is 1170. The van der Waals surface area contributed by atoms with Gasteiger partial charge in [0.1, 0.15) is 5.69 Å². The monoisotopic (exact) mass is 480 g/mol. The van der Waals surface area contributed by atoms with Crippen molar-refractivity contribution in [2.45, 2.75) is 32.7 Å². The molecular weight excluding hydrogens is 456 g/mol. The fraction of sp³-hybridized carbons (Fsp3) is 0.200. The standard InChI is InChI=1S/C25H25ClN4S2/c1-2-3-7-18-10-12-20(13-11-18)28-25(31)27-16-19-17-30(21-8-5-4-6-9-21)29-24(19)22-14-15-23(26)32-22/h4-6,8-15,17H,2-3,7,16H2,1H3,(H2,27,28,31). The highest BCUT2D eigenvalue weighted by Crippen LogP contribution is 2.32. The van der Waals surface area contributed by atoms with Crippen molar-refractivity contribution in [1.29, 1.82) is 0 Å². The predicted octanol–water partition coefficient (Wildman–Crippen LogP) is 7.08. The van der Waals surface area contributed by atoms with Gasteiger partial charge >= 0.3 is 0 Å². The molecule has 2 aromatic heterocycles. The van der Waals surface area contributed by atoms with E-state index >= 15 is 0 Å². The third-order valence-corrected chi connectivity index (χ3v) is 6.57. The molecule has 0 unspecified atom stereocenters. The van der Waals surface area contributed by atoms with E-state index in [0.29, 0.717) is 11.7 Å². The van der Waals surface area contributed by atoms with E-state index in [-0.39, 0.29) is 0 Å². The van der Waals surface area contributed by atoms with Crippen molar-refractivity contribution in [2.24, 2.45) is 0 Å². The molecule has 0 saturated heterocycles. The normalized spacial score (nSPS) is 10.8. The van der Waals surface area contributed by atoms with Gasteiger partial charge in [-0.15, -0.1) is 11.3 Å². The number of benzene rings is 2. The molecule has 2 aromatic carbocycles. The van der Waals surface area contributed by atoms with E-state index in [2.05, 4.69) is 41.8 Å². The molecule has 0 atom stereocenters. The van der Waals surface area contributed by atoms with E-state index in [4.69, 9.17) is 28.9 Å². The first-order valence-electron chi connectivity index (χ1n) is 10.7. The second kappa shape index (κ2) is 10.8. The van der Waals surface area contributed by atoms with Gasteiger partial charge in [0, 0.05) is 24.0 Å². The van der Waals surface area contributed by atoms with Crippen LogP contribution < -0.4 is 10.6 Å². The number of thiocarbonyl (C=S) groups is 1. The van der Waals surface area contributed by atoms with Gasteiger partial charge in [-0.3, -0.25) is 0 Å². The van der Waals surface area contributed by atoms with Crippen molar-refractivity contribution in [1.82, 2.24) is 15.1 Å². The molecule has 0 radical (unpaired) electrons. The van der Waals surface area contributed by atoms with Crippen molar-refractivity contribution in [2.75, 3.05) is 5.32 Å². The number of unbranched alkanes of at least 4 members (excludes halogenated alkanes) is 1. The molecule has 0 aliphatic carbocycles. The number of hydrogen-bond donors (Lipinski definition) is 2. The van der Waals surface area contributed by atoms with Gasteiger partial charge in [0.15, 0.2) is 5.11 Å². The Kier molecular flexibility index (Phi) is 7.58. The Labute approximate surface area is 203 Å². The maximum absolute atomic E-state index is 6.18. The number of rotatable bonds is 8. The summed E-state index contributed by atoms with van der Waals surface area (Å²) in [7, 11) is 0. The summed E-state index contributed by atoms with van der Waals surface area (Å²) >= 11 is 13.2. The zero-order valence-electron chi connectivity index (χ0n) is 17.8. The van der Waals surface area contributed by atoms with Gasteiger partial charge in [-0.05, 0) is 67.0 Å². The van der Waals surface area contributed by atoms with Gasteiger partial charge in [0.2, 0.25) is 0 Å². The lowest BCUT2D eigenvalue weighted by molar-refractivity contribution is 0.795. The van der Waals surface area contributed by atoms with E-state index in [0.717, 1.165) is 38.3 Å². The molecule has 164 valence electrons. The van der Waals surface area contributed by atoms with Crippen LogP contribution in [0.5, 0.6) is 0 Å². The smallest absolute Gasteiger partial charge is 0.171 e. The van der Waals surface area contributed by atoms with Gasteiger partial charge in [-0.1, -0.05) is 55.3 Å². The minimum Gasteiger partial charge on any atom is -0.358 e. The lowest BCUT2D eigenvalue weighted by Crippen LogP contribution is -2.27. The van der Waals surface area contributed by atoms with Gasteiger partial charge < -0.3 is 10.6 Å². The third-order valence-electron chi connectivity index (χ3n) is 5.09. The molecule has 2 heterocycles. The van der Waals surface area contributed by atoms with Crippen molar-refractivity contribution in [3.8, 4) is 16.3 Å². The molecule has 4 nitrogen and oxygen atoms in total. The first-order valence-corrected chi connectivity index (χ1v) is 12.3. The second-order valence-corrected chi connectivity index (χ2v) is 9.62. The number of aromatic nitrogens is 2. The molecule has 7 heteroatoms. The Balaban J connectivity index is 1.46. The van der Waals surface area contributed by atoms with E-state index < -0.39 is 0 Å². The first-order chi connectivity index (χ1) is 15.6. The lowest BCUT2D eigenvalue weighted by Gasteiger charge is -2.11. The summed E-state index contributed by atoms with van der Waals surface area (Å²) in [6.07, 6.45) is 5.56. The van der Waals surface area contributed by atoms with Gasteiger partial charge in [0.25, 0.3) is 0 Å². The summed E-state index contributed by atoms with van der Waals surface area (Å²) in [5.41, 5.74) is 5.29. The van der Waals surface area contributed by atoms with E-state index in [9.17, 15) is 0 Å². The Morgan fingerprint density at radius 3 is 2.53 bits per heavy atom. The zero-order valence-corrected chi connectivity index (χ0v) is 20.2. The largest absolute Gasteiger partial charge is 0.358 e. The summed E-state index contributed by atoms with van der Waals surface area (Å²) in [5, 5.41) is 12.0. The fourth-order valence-electron chi connectivity index (χ4n) is 3.39. The van der Waals surface area contributed by atoms with Crippen LogP contribution in [0.4, 0.5) is 5.69 Å². The number of nitrogens with one attached hydrogen (secondary N) is 2. The average Bonchev–Trinajstić information content (AvgIpc) is 3.44. The Hall–Kier alpha value is -2.67. The molecule has 4 aromatic rings. The van der Waals surface area contributed by atoms with Crippen LogP contribution in [-0.4, -0.2) is 14.9 Å². The van der Waals surface area contributed by atoms with Gasteiger partial charge in [-0.25, -0.2) is 4.68 Å². The molecule has 0 amide bonds. The lowest BCUT2D eigenvalue weighted by atomic mass is 10.1. The van der Waals surface area contributed by atoms with Gasteiger partial charge in [0.05, 0.1) is 14.9 Å². The first kappa shape index (κ1) is 22.5. The molecule has 0 fully saturated rings. The summed E-state index contributed by atoms with van der Waals surface area (Å²) in [5.74, 6) is 0. The maximum atomic E-state index is 6.18. The summed E-state index contributed by atoms with van der Waals surface area (Å²) in [4.78, 5) is 1.03. The molecule has 0 bridgehead atoms. The predicted molar refractivity (Wildman–Crippen MR) is 140 cm³/mol. The fourth-order valence-corrected chi connectivity index (χ4v) is 4.64. The SMILES string of the molecule is CCCCc1ccc(NC(=S)NCc2cn(-c3ccccc3)nc2-c2ccc(Cl)s2)cc1. The van der Waals surface area contributed by atoms with Crippen molar-refractivity contribution in [3.05, 3.63) is 88.4 Å². The van der Waals surface area contributed by atoms with Crippen LogP contribution in [0.3, 0.4) is 0 Å². The Morgan fingerprint density at radius 1 is 1.06 bits per heavy atom. The maximum Gasteiger partial charge on any atom is 0.171 e. The zero-order chi connectivity index (χ0) is 22.3. The molecule has 4 rings (SSSR count). The molecule has 0 spiro atoms. The topological polar surface area (TPSA) is 41.9 Å². The summed E-state index contributed by atoms with van der Waals surface area (Å²) in [6.45, 7) is 2.76. The molecule has 0 saturated carbocycles. The van der Waals surface area contributed by atoms with Crippen LogP contribution in [0.2, 0.25) is 4.34 Å². The molecule has 2 N–H and O–H groups in total. The highest BCUT2D eigenvalue weighted by molar-refractivity contribution is 7.80. The van der Waals surface area contributed by atoms with E-state index in [1.165, 1.54) is 29.7 Å². The van der Waals surface area contributed by atoms with Crippen LogP contribution in [0.1, 0.15) is 30.9 Å². The van der Waals surface area contributed by atoms with E-state index in [1.54, 1.807) is 0 Å². The number of thiophene rings is 1. The highest BCUT2D eigenvalue weighted by atomic mass is 35.5. The second-order valence-electron chi connectivity index (χ2n) is 7.49. The minimum atomic E-state index is 0.554. The minimum absolute atomic E-state index is 0.554. The third kappa shape index (κ3) is 5.76. The van der Waals surface area contributed by atoms with Crippen LogP contribution in [0, 0.1) is 0 Å². The summed E-state index contributed by atoms with van der Waals surface area (Å²) < 4.78 is 2.64. The molecule has 32 heavy (non-hydrogen) atoms. The van der Waals surface area contributed by atoms with Gasteiger partial charge in [-0.2, -0.15) is 5.10 Å². The Morgan fingerprint density at radius 2 is 1.84 bits per heavy atom. The van der Waals surface area contributed by atoms with Crippen LogP contribution >= 0.6 is 35.2 Å². The number of hydrogen-bond acceptors (Lipinski definition) is 3. The number of anilines is 1. The van der Waals surface area contributed by atoms with Crippen molar-refractivity contribution in [3.63, 3.8) is 0 Å². The van der Waals surface area contributed by atoms with Crippen LogP contribution in [0.25, 0.3) is 16.3 Å². The average molecular weight is 481 g/mol. The molecule has 0 aliphatic rings. The summed E-state index contributed by atoms with van der Waals surface area (Å²) in [6, 6.07) is 22.4. The van der Waals surface area contributed by atoms with Crippen molar-refractivity contribution >= 4 is 46.0 Å². The van der Waals surface area contributed by atoms with Crippen molar-refractivity contribution < 1.29 is 0 Å². The van der Waals surface area contributed by atoms with Crippen LogP contribution in [0.15, 0.2) is 72.9 Å². The number of para-hydroxylation sites is 1. The number of halogens is 1. The molecular formula is C25H25ClN4S2. The molecule has 0 aliphatic heterocycles. The van der Waals surface area contributed by atoms with E-state index in [1.807, 2.05) is 53.3 Å². The quantitative estimate of drug-likeness (QED) is 0.264.